The molecule has 6 heteroatoms. The summed E-state index contributed by atoms with van der Waals surface area (Å²) in [6, 6.07) is 29.8. The fraction of sp³-hybridized carbons (Fsp3) is 0.413. The number of aromatic nitrogens is 3. The molecule has 0 aliphatic carbocycles. The van der Waals surface area contributed by atoms with Gasteiger partial charge in [-0.05, 0) is 60.6 Å². The van der Waals surface area contributed by atoms with Crippen molar-refractivity contribution >= 4 is 39.7 Å². The Morgan fingerprint density at radius 1 is 0.788 bits per heavy atom. The van der Waals surface area contributed by atoms with Crippen LogP contribution in [-0.4, -0.2) is 28.2 Å². The molecule has 4 heterocycles. The van der Waals surface area contributed by atoms with Crippen molar-refractivity contribution in [2.75, 3.05) is 0 Å². The molecule has 0 spiro atoms. The van der Waals surface area contributed by atoms with E-state index in [0.717, 1.165) is 76.7 Å². The molecule has 277 valence electrons. The van der Waals surface area contributed by atoms with Gasteiger partial charge in [0.1, 0.15) is 0 Å². The quantitative estimate of drug-likeness (QED) is 0.101. The van der Waals surface area contributed by atoms with Crippen molar-refractivity contribution in [3.63, 3.8) is 0 Å². The van der Waals surface area contributed by atoms with E-state index >= 15 is 0 Å². The molecule has 0 bridgehead atoms. The van der Waals surface area contributed by atoms with Gasteiger partial charge in [0.25, 0.3) is 0 Å². The largest absolute Gasteiger partial charge is 0.486 e. The van der Waals surface area contributed by atoms with Crippen LogP contribution in [0.15, 0.2) is 83.5 Å². The van der Waals surface area contributed by atoms with Crippen LogP contribution in [0.2, 0.25) is 17.3 Å². The molecule has 0 saturated carbocycles. The Balaban J connectivity index is 0.000000243. The molecule has 1 radical (unpaired) electrons. The van der Waals surface area contributed by atoms with E-state index in [-0.39, 0.29) is 25.5 Å². The molecule has 0 aliphatic heterocycles. The third-order valence-electron chi connectivity index (χ3n) is 10.5. The summed E-state index contributed by atoms with van der Waals surface area (Å²) in [4.78, 5) is 14.2. The van der Waals surface area contributed by atoms with Crippen molar-refractivity contribution in [2.24, 2.45) is 5.41 Å². The molecule has 52 heavy (non-hydrogen) atoms. The summed E-state index contributed by atoms with van der Waals surface area (Å²) in [5.41, 5.74) is 10.0. The van der Waals surface area contributed by atoms with E-state index in [1.165, 1.54) is 15.5 Å². The van der Waals surface area contributed by atoms with Gasteiger partial charge in [0, 0.05) is 43.3 Å². The predicted octanol–water partition coefficient (Wildman–Crippen LogP) is 12.5. The second kappa shape index (κ2) is 17.4. The molecular weight excluding hydrogens is 875 g/mol. The van der Waals surface area contributed by atoms with Gasteiger partial charge in [-0.2, -0.15) is 0 Å². The molecule has 0 unspecified atom stereocenters. The van der Waals surface area contributed by atoms with E-state index in [2.05, 4.69) is 138 Å². The van der Waals surface area contributed by atoms with E-state index in [1.54, 1.807) is 0 Å². The van der Waals surface area contributed by atoms with Crippen LogP contribution in [-0.2, 0) is 31.9 Å². The summed E-state index contributed by atoms with van der Waals surface area (Å²) < 4.78 is 7.61. The monoisotopic (exact) mass is 934 g/mol. The van der Waals surface area contributed by atoms with Crippen LogP contribution >= 0.6 is 0 Å². The fourth-order valence-electron chi connectivity index (χ4n) is 6.90. The predicted molar refractivity (Wildman–Crippen MR) is 219 cm³/mol. The van der Waals surface area contributed by atoms with Crippen molar-refractivity contribution in [3.05, 3.63) is 108 Å². The molecule has 0 N–H and O–H groups in total. The number of hydrogen-bond donors (Lipinski definition) is 0. The minimum absolute atomic E-state index is 0. The Kier molecular flexibility index (Phi) is 13.9. The second-order valence-corrected chi connectivity index (χ2v) is 27.1. The summed E-state index contributed by atoms with van der Waals surface area (Å²) in [5, 5.41) is 2.13. The van der Waals surface area contributed by atoms with Gasteiger partial charge in [-0.15, -0.1) is 23.8 Å². The van der Waals surface area contributed by atoms with Gasteiger partial charge < -0.3 is 9.40 Å². The number of pyridine rings is 3. The normalized spacial score (nSPS) is 12.2. The third kappa shape index (κ3) is 9.70. The molecular formula is C46H57GeIrN3O-2. The van der Waals surface area contributed by atoms with Gasteiger partial charge in [-0.3, -0.25) is 0 Å². The first-order valence-electron chi connectivity index (χ1n) is 18.9. The minimum Gasteiger partial charge on any atom is -0.486 e. The molecule has 4 aromatic heterocycles. The van der Waals surface area contributed by atoms with E-state index < -0.39 is 13.3 Å². The average Bonchev–Trinajstić information content (AvgIpc) is 3.48. The van der Waals surface area contributed by atoms with Crippen LogP contribution in [0.1, 0.15) is 104 Å². The third-order valence-corrected chi connectivity index (χ3v) is 14.8. The number of benzene rings is 2. The second-order valence-electron chi connectivity index (χ2n) is 16.5. The summed E-state index contributed by atoms with van der Waals surface area (Å²) in [6.45, 7) is 18.2. The zero-order chi connectivity index (χ0) is 37.0. The van der Waals surface area contributed by atoms with Crippen LogP contribution < -0.4 is 4.40 Å². The van der Waals surface area contributed by atoms with Gasteiger partial charge in [-0.25, -0.2) is 4.98 Å². The smallest absolute Gasteiger partial charge is 0.216 e. The first-order chi connectivity index (χ1) is 24.2. The van der Waals surface area contributed by atoms with Gasteiger partial charge >= 0.3 is 132 Å². The molecule has 0 amide bonds. The number of nitrogens with zero attached hydrogens (tertiary/aromatic N) is 3. The fourth-order valence-corrected chi connectivity index (χ4v) is 10.2. The molecule has 0 saturated heterocycles. The van der Waals surface area contributed by atoms with Gasteiger partial charge in [0.15, 0.2) is 0 Å². The summed E-state index contributed by atoms with van der Waals surface area (Å²) >= 11 is -1.90. The van der Waals surface area contributed by atoms with Crippen molar-refractivity contribution in [2.45, 2.75) is 116 Å². The van der Waals surface area contributed by atoms with Crippen molar-refractivity contribution in [1.82, 2.24) is 15.0 Å². The molecule has 6 rings (SSSR count). The standard InChI is InChI=1S/C27H31N2O.C19H26GeN.Ir/c1-6-18(7-2)23-12-11-21-22-16-19(10-13-25(22)30-26(21)29-23)24-17-20(14-15-28-24)27(5,8-3)9-4;1-19(2,3)13-16-12-18(15-10-8-7-9-11-15)21-14-17(16)20(4,5)6;/h11-18H,6-9H2,1-5H3;7-10,12,14H,13H2,1-6H3;/q2*-1;. The van der Waals surface area contributed by atoms with Gasteiger partial charge in [0.05, 0.1) is 5.58 Å². The van der Waals surface area contributed by atoms with Crippen molar-refractivity contribution < 1.29 is 24.5 Å². The van der Waals surface area contributed by atoms with E-state index in [1.807, 2.05) is 30.5 Å². The SMILES string of the molecule is CC(C)(C)Cc1cc(-c2[c-]cccc2)nc[c]1[Ge]([CH3])([CH3])[CH3].CCC(CC)c1ccc2c(n1)oc1c[c-]c(-c3cc(C(C)(CC)CC)ccn3)cc12.[Ir]. The Labute approximate surface area is 329 Å². The number of hydrogen-bond acceptors (Lipinski definition) is 4. The van der Waals surface area contributed by atoms with Crippen molar-refractivity contribution in [3.8, 4) is 22.5 Å². The average molecular weight is 933 g/mol. The molecule has 0 atom stereocenters. The topological polar surface area (TPSA) is 51.8 Å². The zero-order valence-electron chi connectivity index (χ0n) is 33.2. The summed E-state index contributed by atoms with van der Waals surface area (Å²) in [7, 11) is 0. The van der Waals surface area contributed by atoms with Gasteiger partial charge in [0.2, 0.25) is 5.71 Å². The van der Waals surface area contributed by atoms with Crippen LogP contribution in [0, 0.1) is 17.5 Å². The Bertz CT molecular complexity index is 2070. The van der Waals surface area contributed by atoms with Crippen molar-refractivity contribution in [1.29, 1.82) is 0 Å². The zero-order valence-corrected chi connectivity index (χ0v) is 37.7. The molecule has 6 aromatic rings. The first-order valence-corrected chi connectivity index (χ1v) is 26.2. The number of rotatable bonds is 10. The maximum atomic E-state index is 6.07. The molecule has 0 fully saturated rings. The van der Waals surface area contributed by atoms with Crippen LogP contribution in [0.3, 0.4) is 0 Å². The van der Waals surface area contributed by atoms with Gasteiger partial charge in [-0.1, -0.05) is 46.1 Å². The maximum absolute atomic E-state index is 6.07. The molecule has 2 aromatic carbocycles. The minimum atomic E-state index is -1.90. The van der Waals surface area contributed by atoms with Crippen LogP contribution in [0.5, 0.6) is 0 Å². The number of furan rings is 1. The Morgan fingerprint density at radius 3 is 2.12 bits per heavy atom. The summed E-state index contributed by atoms with van der Waals surface area (Å²) in [5.74, 6) is 7.80. The first kappa shape index (κ1) is 41.6. The van der Waals surface area contributed by atoms with Crippen LogP contribution in [0.25, 0.3) is 44.6 Å². The molecule has 0 aliphatic rings. The van der Waals surface area contributed by atoms with Crippen LogP contribution in [0.4, 0.5) is 0 Å². The maximum Gasteiger partial charge on any atom is 0.216 e. The Hall–Kier alpha value is -3.12. The van der Waals surface area contributed by atoms with E-state index in [4.69, 9.17) is 14.4 Å². The van der Waals surface area contributed by atoms with E-state index in [0.29, 0.717) is 17.0 Å². The molecule has 4 nitrogen and oxygen atoms in total. The van der Waals surface area contributed by atoms with E-state index in [9.17, 15) is 0 Å². The number of fused-ring (bicyclic) bond motifs is 3. The summed E-state index contributed by atoms with van der Waals surface area (Å²) in [6.07, 6.45) is 9.54. The Morgan fingerprint density at radius 2 is 1.50 bits per heavy atom.